The Morgan fingerprint density at radius 3 is 2.19 bits per heavy atom. The van der Waals surface area contributed by atoms with E-state index in [1.165, 1.54) is 11.0 Å². The van der Waals surface area contributed by atoms with Crippen LogP contribution in [0, 0.1) is 11.3 Å². The minimum atomic E-state index is -0.413. The summed E-state index contributed by atoms with van der Waals surface area (Å²) in [6, 6.07) is 12.7. The number of nitriles is 1. The second-order valence-corrected chi connectivity index (χ2v) is 7.95. The molecule has 0 unspecified atom stereocenters. The fraction of sp³-hybridized carbons (Fsp3) is 0.292. The van der Waals surface area contributed by atoms with E-state index in [0.717, 1.165) is 32.1 Å². The van der Waals surface area contributed by atoms with Crippen LogP contribution in [0.5, 0.6) is 0 Å². The molecule has 2 aliphatic rings. The number of nitrogens with one attached hydrogen (secondary N) is 2. The van der Waals surface area contributed by atoms with Crippen molar-refractivity contribution in [3.05, 3.63) is 59.2 Å². The molecule has 1 fully saturated rings. The van der Waals surface area contributed by atoms with Gasteiger partial charge in [-0.05, 0) is 55.3 Å². The van der Waals surface area contributed by atoms with Crippen LogP contribution in [0.4, 0.5) is 11.4 Å². The van der Waals surface area contributed by atoms with Gasteiger partial charge in [0.05, 0.1) is 17.2 Å². The van der Waals surface area contributed by atoms with Crippen LogP contribution in [-0.2, 0) is 4.79 Å². The zero-order valence-electron chi connectivity index (χ0n) is 17.4. The molecule has 0 spiro atoms. The average molecular weight is 430 g/mol. The number of benzene rings is 2. The van der Waals surface area contributed by atoms with Crippen LogP contribution in [0.25, 0.3) is 0 Å². The summed E-state index contributed by atoms with van der Waals surface area (Å²) in [5.74, 6) is -1.43. The summed E-state index contributed by atoms with van der Waals surface area (Å²) in [5, 5.41) is 13.9. The van der Waals surface area contributed by atoms with Crippen LogP contribution in [-0.4, -0.2) is 34.6 Å². The molecule has 1 aliphatic carbocycles. The first kappa shape index (κ1) is 21.2. The SMILES string of the molecule is N#CCC(=O)Nc1ccc(NC(=O)c2ccc3c(c2)C(=O)N(C2CCCCC2)C3=O)cc1. The highest BCUT2D eigenvalue weighted by atomic mass is 16.2. The molecule has 2 aromatic rings. The first-order chi connectivity index (χ1) is 15.5. The molecule has 0 bridgehead atoms. The number of imide groups is 1. The van der Waals surface area contributed by atoms with Crippen molar-refractivity contribution in [2.45, 2.75) is 44.6 Å². The molecular weight excluding hydrogens is 408 g/mol. The Morgan fingerprint density at radius 1 is 0.906 bits per heavy atom. The van der Waals surface area contributed by atoms with E-state index in [2.05, 4.69) is 10.6 Å². The van der Waals surface area contributed by atoms with Gasteiger partial charge < -0.3 is 10.6 Å². The summed E-state index contributed by atoms with van der Waals surface area (Å²) in [4.78, 5) is 51.3. The van der Waals surface area contributed by atoms with Gasteiger partial charge in [0.25, 0.3) is 17.7 Å². The third kappa shape index (κ3) is 4.23. The van der Waals surface area contributed by atoms with Crippen molar-refractivity contribution >= 4 is 35.0 Å². The van der Waals surface area contributed by atoms with E-state index in [4.69, 9.17) is 5.26 Å². The molecule has 1 aliphatic heterocycles. The summed E-state index contributed by atoms with van der Waals surface area (Å²) in [6.45, 7) is 0. The lowest BCUT2D eigenvalue weighted by Crippen LogP contribution is -2.40. The predicted molar refractivity (Wildman–Crippen MR) is 117 cm³/mol. The monoisotopic (exact) mass is 430 g/mol. The van der Waals surface area contributed by atoms with Crippen LogP contribution in [0.2, 0.25) is 0 Å². The Hall–Kier alpha value is -3.99. The van der Waals surface area contributed by atoms with Gasteiger partial charge >= 0.3 is 0 Å². The first-order valence-electron chi connectivity index (χ1n) is 10.6. The number of rotatable bonds is 5. The standard InChI is InChI=1S/C24H22N4O4/c25-13-12-21(29)26-16-7-9-17(10-8-16)27-22(30)15-6-11-19-20(14-15)24(32)28(23(19)31)18-4-2-1-3-5-18/h6-11,14,18H,1-5,12H2,(H,26,29)(H,27,30). The van der Waals surface area contributed by atoms with Gasteiger partial charge in [0.1, 0.15) is 6.42 Å². The van der Waals surface area contributed by atoms with Crippen LogP contribution in [0.1, 0.15) is 69.6 Å². The van der Waals surface area contributed by atoms with E-state index >= 15 is 0 Å². The molecule has 8 heteroatoms. The molecule has 8 nitrogen and oxygen atoms in total. The zero-order valence-corrected chi connectivity index (χ0v) is 17.4. The van der Waals surface area contributed by atoms with Crippen molar-refractivity contribution in [3.63, 3.8) is 0 Å². The van der Waals surface area contributed by atoms with Gasteiger partial charge in [-0.25, -0.2) is 0 Å². The number of fused-ring (bicyclic) bond motifs is 1. The molecule has 0 atom stereocenters. The number of hydrogen-bond acceptors (Lipinski definition) is 5. The lowest BCUT2D eigenvalue weighted by Gasteiger charge is -2.29. The van der Waals surface area contributed by atoms with Gasteiger partial charge in [-0.15, -0.1) is 0 Å². The molecule has 4 amide bonds. The van der Waals surface area contributed by atoms with Gasteiger partial charge in [0.15, 0.2) is 0 Å². The minimum absolute atomic E-state index is 0.0689. The maximum Gasteiger partial charge on any atom is 0.261 e. The van der Waals surface area contributed by atoms with Crippen molar-refractivity contribution in [2.75, 3.05) is 10.6 Å². The quantitative estimate of drug-likeness (QED) is 0.701. The predicted octanol–water partition coefficient (Wildman–Crippen LogP) is 3.72. The molecule has 2 N–H and O–H groups in total. The number of nitrogens with zero attached hydrogens (tertiary/aromatic N) is 2. The third-order valence-electron chi connectivity index (χ3n) is 5.79. The summed E-state index contributed by atoms with van der Waals surface area (Å²) in [5.41, 5.74) is 1.90. The number of anilines is 2. The molecule has 32 heavy (non-hydrogen) atoms. The zero-order chi connectivity index (χ0) is 22.7. The number of carbonyl (C=O) groups excluding carboxylic acids is 4. The van der Waals surface area contributed by atoms with Crippen LogP contribution < -0.4 is 10.6 Å². The summed E-state index contributed by atoms with van der Waals surface area (Å²) >= 11 is 0. The Balaban J connectivity index is 1.46. The minimum Gasteiger partial charge on any atom is -0.325 e. The van der Waals surface area contributed by atoms with Crippen molar-refractivity contribution in [3.8, 4) is 6.07 Å². The Morgan fingerprint density at radius 2 is 1.53 bits per heavy atom. The van der Waals surface area contributed by atoms with Crippen LogP contribution >= 0.6 is 0 Å². The lowest BCUT2D eigenvalue weighted by atomic mass is 9.94. The second kappa shape index (κ2) is 9.02. The average Bonchev–Trinajstić information content (AvgIpc) is 3.05. The first-order valence-corrected chi connectivity index (χ1v) is 10.6. The highest BCUT2D eigenvalue weighted by Gasteiger charge is 2.40. The molecule has 0 saturated heterocycles. The molecule has 2 aromatic carbocycles. The molecular formula is C24H22N4O4. The fourth-order valence-electron chi connectivity index (χ4n) is 4.19. The number of amides is 4. The van der Waals surface area contributed by atoms with Crippen molar-refractivity contribution in [1.82, 2.24) is 4.90 Å². The smallest absolute Gasteiger partial charge is 0.261 e. The summed E-state index contributed by atoms with van der Waals surface area (Å²) < 4.78 is 0. The molecule has 0 aromatic heterocycles. The van der Waals surface area contributed by atoms with Gasteiger partial charge in [-0.2, -0.15) is 5.26 Å². The van der Waals surface area contributed by atoms with Gasteiger partial charge in [-0.3, -0.25) is 24.1 Å². The van der Waals surface area contributed by atoms with E-state index in [9.17, 15) is 19.2 Å². The molecule has 162 valence electrons. The summed E-state index contributed by atoms with van der Waals surface area (Å²) in [6.07, 6.45) is 4.55. The van der Waals surface area contributed by atoms with Crippen molar-refractivity contribution in [1.29, 1.82) is 5.26 Å². The number of carbonyl (C=O) groups is 4. The van der Waals surface area contributed by atoms with Crippen LogP contribution in [0.15, 0.2) is 42.5 Å². The Kier molecular flexibility index (Phi) is 5.99. The highest BCUT2D eigenvalue weighted by molar-refractivity contribution is 6.22. The topological polar surface area (TPSA) is 119 Å². The van der Waals surface area contributed by atoms with Crippen LogP contribution in [0.3, 0.4) is 0 Å². The van der Waals surface area contributed by atoms with Crippen molar-refractivity contribution in [2.24, 2.45) is 0 Å². The second-order valence-electron chi connectivity index (χ2n) is 7.95. The van der Waals surface area contributed by atoms with Crippen molar-refractivity contribution < 1.29 is 19.2 Å². The van der Waals surface area contributed by atoms with Gasteiger partial charge in [0, 0.05) is 23.0 Å². The Labute approximate surface area is 185 Å². The molecule has 4 rings (SSSR count). The molecule has 1 heterocycles. The van der Waals surface area contributed by atoms with Gasteiger partial charge in [-0.1, -0.05) is 19.3 Å². The summed E-state index contributed by atoms with van der Waals surface area (Å²) in [7, 11) is 0. The normalized spacial score (nSPS) is 15.8. The lowest BCUT2D eigenvalue weighted by molar-refractivity contribution is -0.115. The highest BCUT2D eigenvalue weighted by Crippen LogP contribution is 2.31. The maximum absolute atomic E-state index is 12.9. The molecule has 0 radical (unpaired) electrons. The van der Waals surface area contributed by atoms with Gasteiger partial charge in [0.2, 0.25) is 5.91 Å². The van der Waals surface area contributed by atoms with E-state index in [1.54, 1.807) is 42.5 Å². The maximum atomic E-state index is 12.9. The fourth-order valence-corrected chi connectivity index (χ4v) is 4.19. The van der Waals surface area contributed by atoms with E-state index in [-0.39, 0.29) is 35.4 Å². The largest absolute Gasteiger partial charge is 0.325 e. The number of hydrogen-bond donors (Lipinski definition) is 2. The van der Waals surface area contributed by atoms with E-state index in [1.807, 2.05) is 0 Å². The van der Waals surface area contributed by atoms with E-state index < -0.39 is 11.8 Å². The Bertz CT molecular complexity index is 1130. The van der Waals surface area contributed by atoms with E-state index in [0.29, 0.717) is 16.9 Å². The third-order valence-corrected chi connectivity index (χ3v) is 5.79. The molecule has 1 saturated carbocycles.